The van der Waals surface area contributed by atoms with Crippen molar-refractivity contribution < 1.29 is 36.2 Å². The third-order valence-corrected chi connectivity index (χ3v) is 5.95. The molecule has 1 saturated heterocycles. The van der Waals surface area contributed by atoms with Crippen molar-refractivity contribution in [3.8, 4) is 11.5 Å². The molecule has 0 aliphatic carbocycles. The van der Waals surface area contributed by atoms with Crippen LogP contribution in [-0.2, 0) is 4.74 Å². The molecule has 2 aromatic rings. The molecule has 1 aliphatic heterocycles. The molecule has 1 aromatic heterocycles. The van der Waals surface area contributed by atoms with Crippen LogP contribution in [0.1, 0.15) is 42.8 Å². The number of halogens is 5. The molecule has 0 spiro atoms. The van der Waals surface area contributed by atoms with Gasteiger partial charge >= 0.3 is 6.18 Å². The summed E-state index contributed by atoms with van der Waals surface area (Å²) in [7, 11) is 2.30. The molecule has 0 amide bonds. The molecule has 10 heteroatoms. The number of alkyl halides is 3. The van der Waals surface area contributed by atoms with Gasteiger partial charge in [-0.15, -0.1) is 0 Å². The summed E-state index contributed by atoms with van der Waals surface area (Å²) in [4.78, 5) is 15.3. The van der Waals surface area contributed by atoms with Crippen molar-refractivity contribution in [3.05, 3.63) is 57.0 Å². The van der Waals surface area contributed by atoms with Gasteiger partial charge in [-0.25, -0.2) is 4.39 Å². The van der Waals surface area contributed by atoms with Gasteiger partial charge in [-0.2, -0.15) is 17.6 Å². The SMILES string of the molecule is COc1c([C@H]2[C@H](c3[nH]c(C)cc(=O)c3OC)O[C@@](C)(C(F)(F)F)[C@H]2C)ccc(F)c1F. The smallest absolute Gasteiger partial charge is 0.417 e. The first-order valence-corrected chi connectivity index (χ1v) is 9.41. The molecule has 3 rings (SSSR count). The second kappa shape index (κ2) is 7.81. The van der Waals surface area contributed by atoms with Gasteiger partial charge in [0.05, 0.1) is 19.9 Å². The Balaban J connectivity index is 2.32. The van der Waals surface area contributed by atoms with Crippen molar-refractivity contribution in [1.29, 1.82) is 0 Å². The quantitative estimate of drug-likeness (QED) is 0.685. The Labute approximate surface area is 175 Å². The molecule has 5 nitrogen and oxygen atoms in total. The molecule has 1 N–H and O–H groups in total. The van der Waals surface area contributed by atoms with E-state index in [-0.39, 0.29) is 17.0 Å². The number of hydrogen-bond donors (Lipinski definition) is 1. The summed E-state index contributed by atoms with van der Waals surface area (Å²) in [6.07, 6.45) is -6.18. The number of aromatic nitrogens is 1. The highest BCUT2D eigenvalue weighted by Gasteiger charge is 2.65. The van der Waals surface area contributed by atoms with Crippen molar-refractivity contribution in [1.82, 2.24) is 4.98 Å². The van der Waals surface area contributed by atoms with Crippen LogP contribution in [0.15, 0.2) is 23.0 Å². The summed E-state index contributed by atoms with van der Waals surface area (Å²) in [5.74, 6) is -5.68. The van der Waals surface area contributed by atoms with Crippen molar-refractivity contribution >= 4 is 0 Å². The van der Waals surface area contributed by atoms with E-state index in [0.29, 0.717) is 5.69 Å². The molecule has 4 atom stereocenters. The van der Waals surface area contributed by atoms with Gasteiger partial charge in [0.2, 0.25) is 11.2 Å². The van der Waals surface area contributed by atoms with Crippen molar-refractivity contribution in [3.63, 3.8) is 0 Å². The van der Waals surface area contributed by atoms with Gasteiger partial charge in [0.25, 0.3) is 0 Å². The lowest BCUT2D eigenvalue weighted by Gasteiger charge is -2.32. The highest BCUT2D eigenvalue weighted by atomic mass is 19.4. The molecule has 170 valence electrons. The number of benzene rings is 1. The Kier molecular flexibility index (Phi) is 5.81. The molecular formula is C21H22F5NO4. The van der Waals surface area contributed by atoms with Crippen LogP contribution in [0.5, 0.6) is 11.5 Å². The minimum atomic E-state index is -4.79. The van der Waals surface area contributed by atoms with E-state index in [1.54, 1.807) is 6.92 Å². The number of ether oxygens (including phenoxy) is 3. The summed E-state index contributed by atoms with van der Waals surface area (Å²) >= 11 is 0. The zero-order valence-corrected chi connectivity index (χ0v) is 17.5. The number of aromatic amines is 1. The highest BCUT2D eigenvalue weighted by molar-refractivity contribution is 5.43. The molecule has 1 aliphatic rings. The number of hydrogen-bond acceptors (Lipinski definition) is 4. The number of H-pyrrole nitrogens is 1. The fourth-order valence-corrected chi connectivity index (χ4v) is 4.17. The Morgan fingerprint density at radius 1 is 1.13 bits per heavy atom. The van der Waals surface area contributed by atoms with E-state index in [0.717, 1.165) is 26.2 Å². The minimum Gasteiger partial charge on any atom is -0.493 e. The number of pyridine rings is 1. The van der Waals surface area contributed by atoms with E-state index in [9.17, 15) is 26.7 Å². The molecule has 0 unspecified atom stereocenters. The summed E-state index contributed by atoms with van der Waals surface area (Å²) in [6, 6.07) is 3.21. The van der Waals surface area contributed by atoms with Crippen LogP contribution in [-0.4, -0.2) is 31.0 Å². The van der Waals surface area contributed by atoms with Gasteiger partial charge in [-0.1, -0.05) is 13.0 Å². The van der Waals surface area contributed by atoms with Crippen LogP contribution in [0.4, 0.5) is 22.0 Å². The molecule has 2 heterocycles. The summed E-state index contributed by atoms with van der Waals surface area (Å²) in [5, 5.41) is 0. The first-order chi connectivity index (χ1) is 14.4. The van der Waals surface area contributed by atoms with Gasteiger partial charge in [0, 0.05) is 29.2 Å². The first-order valence-electron chi connectivity index (χ1n) is 9.41. The lowest BCUT2D eigenvalue weighted by molar-refractivity contribution is -0.275. The zero-order valence-electron chi connectivity index (χ0n) is 17.5. The predicted molar refractivity (Wildman–Crippen MR) is 101 cm³/mol. The second-order valence-electron chi connectivity index (χ2n) is 7.71. The summed E-state index contributed by atoms with van der Waals surface area (Å²) in [5.41, 5.74) is -2.88. The van der Waals surface area contributed by atoms with E-state index in [1.165, 1.54) is 20.1 Å². The normalized spacial score (nSPS) is 26.2. The van der Waals surface area contributed by atoms with Crippen LogP contribution >= 0.6 is 0 Å². The lowest BCUT2D eigenvalue weighted by Crippen LogP contribution is -2.46. The van der Waals surface area contributed by atoms with E-state index in [2.05, 4.69) is 4.98 Å². The third-order valence-electron chi connectivity index (χ3n) is 5.95. The Morgan fingerprint density at radius 3 is 2.29 bits per heavy atom. The monoisotopic (exact) mass is 447 g/mol. The van der Waals surface area contributed by atoms with Gasteiger partial charge < -0.3 is 19.2 Å². The van der Waals surface area contributed by atoms with E-state index in [4.69, 9.17) is 14.2 Å². The standard InChI is InChI=1S/C21H22F5NO4/c1-9-8-13(28)18(30-5)16(27-9)19-14(10(2)20(3,31-19)21(24,25)26)11-6-7-12(22)15(23)17(11)29-4/h6-8,10,14,19H,1-5H3,(H,27,28)/t10-,14-,19+,20+/m0/s1. The summed E-state index contributed by atoms with van der Waals surface area (Å²) < 4.78 is 86.1. The third kappa shape index (κ3) is 3.56. The number of aryl methyl sites for hydroxylation is 1. The van der Waals surface area contributed by atoms with E-state index < -0.39 is 52.5 Å². The van der Waals surface area contributed by atoms with Gasteiger partial charge in [0.1, 0.15) is 6.10 Å². The number of nitrogens with one attached hydrogen (secondary N) is 1. The fraction of sp³-hybridized carbons (Fsp3) is 0.476. The van der Waals surface area contributed by atoms with Gasteiger partial charge in [0.15, 0.2) is 22.9 Å². The Morgan fingerprint density at radius 2 is 1.74 bits per heavy atom. The first kappa shape index (κ1) is 23.1. The van der Waals surface area contributed by atoms with Crippen LogP contribution in [0, 0.1) is 24.5 Å². The Hall–Kier alpha value is -2.62. The van der Waals surface area contributed by atoms with Crippen LogP contribution in [0.3, 0.4) is 0 Å². The largest absolute Gasteiger partial charge is 0.493 e. The van der Waals surface area contributed by atoms with Crippen LogP contribution < -0.4 is 14.9 Å². The molecular weight excluding hydrogens is 425 g/mol. The summed E-state index contributed by atoms with van der Waals surface area (Å²) in [6.45, 7) is 3.75. The molecule has 0 saturated carbocycles. The average Bonchev–Trinajstić information content (AvgIpc) is 2.95. The maximum absolute atomic E-state index is 14.4. The second-order valence-corrected chi connectivity index (χ2v) is 7.71. The number of methoxy groups -OCH3 is 2. The highest BCUT2D eigenvalue weighted by Crippen LogP contribution is 2.60. The van der Waals surface area contributed by atoms with Crippen molar-refractivity contribution in [2.75, 3.05) is 14.2 Å². The molecule has 31 heavy (non-hydrogen) atoms. The lowest BCUT2D eigenvalue weighted by atomic mass is 9.76. The predicted octanol–water partition coefficient (Wildman–Crippen LogP) is 4.79. The molecule has 1 aromatic carbocycles. The van der Waals surface area contributed by atoms with E-state index in [1.807, 2.05) is 0 Å². The molecule has 1 fully saturated rings. The van der Waals surface area contributed by atoms with E-state index >= 15 is 0 Å². The molecule has 0 radical (unpaired) electrons. The topological polar surface area (TPSA) is 60.6 Å². The molecule has 0 bridgehead atoms. The van der Waals surface area contributed by atoms with Crippen molar-refractivity contribution in [2.45, 2.75) is 44.6 Å². The zero-order chi connectivity index (χ0) is 23.3. The Bertz CT molecular complexity index is 1050. The van der Waals surface area contributed by atoms with Crippen LogP contribution in [0.2, 0.25) is 0 Å². The van der Waals surface area contributed by atoms with Crippen LogP contribution in [0.25, 0.3) is 0 Å². The average molecular weight is 447 g/mol. The number of rotatable bonds is 4. The minimum absolute atomic E-state index is 0.0173. The maximum Gasteiger partial charge on any atom is 0.417 e. The maximum atomic E-state index is 14.4. The van der Waals surface area contributed by atoms with Gasteiger partial charge in [-0.3, -0.25) is 4.79 Å². The fourth-order valence-electron chi connectivity index (χ4n) is 4.17. The van der Waals surface area contributed by atoms with Gasteiger partial charge in [-0.05, 0) is 19.9 Å². The van der Waals surface area contributed by atoms with Crippen molar-refractivity contribution in [2.24, 2.45) is 5.92 Å².